The lowest BCUT2D eigenvalue weighted by molar-refractivity contribution is 0.415. The third-order valence-electron chi connectivity index (χ3n) is 3.29. The number of H-pyrrole nitrogens is 1. The highest BCUT2D eigenvalue weighted by Gasteiger charge is 2.17. The predicted octanol–water partition coefficient (Wildman–Crippen LogP) is 2.03. The third kappa shape index (κ3) is 1.24. The van der Waals surface area contributed by atoms with Crippen LogP contribution >= 0.6 is 0 Å². The van der Waals surface area contributed by atoms with Crippen LogP contribution < -0.4 is 10.3 Å². The van der Waals surface area contributed by atoms with Crippen molar-refractivity contribution in [2.24, 2.45) is 0 Å². The fourth-order valence-corrected chi connectivity index (χ4v) is 2.51. The summed E-state index contributed by atoms with van der Waals surface area (Å²) in [5.41, 5.74) is 3.14. The van der Waals surface area contributed by atoms with Crippen molar-refractivity contribution in [3.63, 3.8) is 0 Å². The Morgan fingerprint density at radius 3 is 2.88 bits per heavy atom. The number of methoxy groups -OCH3 is 1. The summed E-state index contributed by atoms with van der Waals surface area (Å²) in [5, 5.41) is 1.16. The minimum absolute atomic E-state index is 0.0632. The number of pyridine rings is 1. The van der Waals surface area contributed by atoms with E-state index in [9.17, 15) is 4.79 Å². The topological polar surface area (TPSA) is 42.1 Å². The van der Waals surface area contributed by atoms with E-state index >= 15 is 0 Å². The van der Waals surface area contributed by atoms with E-state index in [0.717, 1.165) is 41.5 Å². The van der Waals surface area contributed by atoms with Crippen LogP contribution in [0.2, 0.25) is 0 Å². The highest BCUT2D eigenvalue weighted by Crippen LogP contribution is 2.28. The summed E-state index contributed by atoms with van der Waals surface area (Å²) in [6.07, 6.45) is 3.01. The molecule has 0 radical (unpaired) electrons. The molecular weight excluding hydrogens is 202 g/mol. The zero-order valence-electron chi connectivity index (χ0n) is 9.17. The molecule has 3 nitrogen and oxygen atoms in total. The van der Waals surface area contributed by atoms with Gasteiger partial charge >= 0.3 is 0 Å². The van der Waals surface area contributed by atoms with Crippen LogP contribution in [-0.4, -0.2) is 12.1 Å². The fourth-order valence-electron chi connectivity index (χ4n) is 2.51. The highest BCUT2D eigenvalue weighted by molar-refractivity contribution is 5.84. The lowest BCUT2D eigenvalue weighted by Gasteiger charge is -2.06. The van der Waals surface area contributed by atoms with Gasteiger partial charge in [0.05, 0.1) is 12.6 Å². The molecule has 1 aromatic carbocycles. The van der Waals surface area contributed by atoms with E-state index in [1.807, 2.05) is 18.2 Å². The number of fused-ring (bicyclic) bond motifs is 3. The maximum atomic E-state index is 11.8. The maximum absolute atomic E-state index is 11.8. The largest absolute Gasteiger partial charge is 0.497 e. The molecule has 3 rings (SSSR count). The maximum Gasteiger partial charge on any atom is 0.251 e. The SMILES string of the molecule is COc1ccc2c3c(c(=O)[nH]c2c1)CCC3. The molecule has 82 valence electrons. The van der Waals surface area contributed by atoms with Gasteiger partial charge in [-0.25, -0.2) is 0 Å². The molecule has 1 aliphatic carbocycles. The first-order valence-corrected chi connectivity index (χ1v) is 5.51. The zero-order valence-corrected chi connectivity index (χ0v) is 9.17. The van der Waals surface area contributed by atoms with Crippen LogP contribution in [0.4, 0.5) is 0 Å². The van der Waals surface area contributed by atoms with Crippen molar-refractivity contribution in [1.82, 2.24) is 4.98 Å². The number of ether oxygens (including phenoxy) is 1. The first kappa shape index (κ1) is 9.46. The van der Waals surface area contributed by atoms with Crippen molar-refractivity contribution in [2.75, 3.05) is 7.11 Å². The van der Waals surface area contributed by atoms with Crippen LogP contribution in [0.15, 0.2) is 23.0 Å². The minimum Gasteiger partial charge on any atom is -0.497 e. The zero-order chi connectivity index (χ0) is 11.1. The van der Waals surface area contributed by atoms with Gasteiger partial charge in [0.1, 0.15) is 5.75 Å². The molecule has 0 bridgehead atoms. The number of benzene rings is 1. The first-order valence-electron chi connectivity index (χ1n) is 5.51. The summed E-state index contributed by atoms with van der Waals surface area (Å²) in [7, 11) is 1.63. The summed E-state index contributed by atoms with van der Waals surface area (Å²) in [6, 6.07) is 5.86. The van der Waals surface area contributed by atoms with Gasteiger partial charge in [0.2, 0.25) is 0 Å². The van der Waals surface area contributed by atoms with Crippen LogP contribution in [0, 0.1) is 0 Å². The average molecular weight is 215 g/mol. The van der Waals surface area contributed by atoms with Crippen molar-refractivity contribution in [1.29, 1.82) is 0 Å². The van der Waals surface area contributed by atoms with Crippen LogP contribution in [-0.2, 0) is 12.8 Å². The van der Waals surface area contributed by atoms with Crippen LogP contribution in [0.1, 0.15) is 17.5 Å². The Balaban J connectivity index is 2.38. The van der Waals surface area contributed by atoms with Gasteiger partial charge in [-0.05, 0) is 37.0 Å². The molecule has 1 N–H and O–H groups in total. The van der Waals surface area contributed by atoms with Gasteiger partial charge < -0.3 is 9.72 Å². The van der Waals surface area contributed by atoms with Gasteiger partial charge in [0, 0.05) is 17.0 Å². The number of rotatable bonds is 1. The Labute approximate surface area is 93.1 Å². The summed E-state index contributed by atoms with van der Waals surface area (Å²) >= 11 is 0. The normalized spacial score (nSPS) is 14.1. The molecule has 0 aliphatic heterocycles. The van der Waals surface area contributed by atoms with Gasteiger partial charge in [-0.3, -0.25) is 4.79 Å². The fraction of sp³-hybridized carbons (Fsp3) is 0.308. The second kappa shape index (κ2) is 3.37. The van der Waals surface area contributed by atoms with Gasteiger partial charge in [-0.1, -0.05) is 0 Å². The first-order chi connectivity index (χ1) is 7.79. The molecule has 0 saturated heterocycles. The van der Waals surface area contributed by atoms with E-state index in [2.05, 4.69) is 4.98 Å². The molecule has 0 atom stereocenters. The molecule has 3 heteroatoms. The average Bonchev–Trinajstić information content (AvgIpc) is 2.78. The Hall–Kier alpha value is -1.77. The van der Waals surface area contributed by atoms with Crippen LogP contribution in [0.3, 0.4) is 0 Å². The highest BCUT2D eigenvalue weighted by atomic mass is 16.5. The lowest BCUT2D eigenvalue weighted by Crippen LogP contribution is -2.12. The summed E-state index contributed by atoms with van der Waals surface area (Å²) in [4.78, 5) is 14.8. The van der Waals surface area contributed by atoms with Crippen molar-refractivity contribution in [3.8, 4) is 5.75 Å². The summed E-state index contributed by atoms with van der Waals surface area (Å²) in [6.45, 7) is 0. The molecule has 1 aliphatic rings. The van der Waals surface area contributed by atoms with Crippen molar-refractivity contribution in [2.45, 2.75) is 19.3 Å². The van der Waals surface area contributed by atoms with E-state index in [4.69, 9.17) is 4.74 Å². The third-order valence-corrected chi connectivity index (χ3v) is 3.29. The van der Waals surface area contributed by atoms with Gasteiger partial charge in [-0.15, -0.1) is 0 Å². The van der Waals surface area contributed by atoms with Gasteiger partial charge in [-0.2, -0.15) is 0 Å². The Morgan fingerprint density at radius 2 is 2.06 bits per heavy atom. The number of hydrogen-bond acceptors (Lipinski definition) is 2. The van der Waals surface area contributed by atoms with E-state index in [1.54, 1.807) is 7.11 Å². The van der Waals surface area contributed by atoms with E-state index in [0.29, 0.717) is 0 Å². The molecular formula is C13H13NO2. The molecule has 0 amide bonds. The number of aromatic amines is 1. The Bertz CT molecular complexity index is 613. The van der Waals surface area contributed by atoms with Gasteiger partial charge in [0.15, 0.2) is 0 Å². The monoisotopic (exact) mass is 215 g/mol. The molecule has 1 aromatic heterocycles. The van der Waals surface area contributed by atoms with Crippen molar-refractivity contribution >= 4 is 10.9 Å². The summed E-state index contributed by atoms with van der Waals surface area (Å²) in [5.74, 6) is 0.779. The minimum atomic E-state index is 0.0632. The number of nitrogens with one attached hydrogen (secondary N) is 1. The van der Waals surface area contributed by atoms with E-state index in [1.165, 1.54) is 5.56 Å². The molecule has 0 saturated carbocycles. The summed E-state index contributed by atoms with van der Waals surface area (Å²) < 4.78 is 5.16. The van der Waals surface area contributed by atoms with Crippen molar-refractivity contribution < 1.29 is 4.74 Å². The molecule has 2 aromatic rings. The number of aromatic nitrogens is 1. The Morgan fingerprint density at radius 1 is 1.25 bits per heavy atom. The van der Waals surface area contributed by atoms with Crippen LogP contribution in [0.5, 0.6) is 5.75 Å². The van der Waals surface area contributed by atoms with Gasteiger partial charge in [0.25, 0.3) is 5.56 Å². The van der Waals surface area contributed by atoms with E-state index < -0.39 is 0 Å². The lowest BCUT2D eigenvalue weighted by atomic mass is 10.1. The quantitative estimate of drug-likeness (QED) is 0.790. The Kier molecular flexibility index (Phi) is 1.99. The predicted molar refractivity (Wildman–Crippen MR) is 63.1 cm³/mol. The molecule has 0 fully saturated rings. The molecule has 0 unspecified atom stereocenters. The second-order valence-electron chi connectivity index (χ2n) is 4.18. The number of aryl methyl sites for hydroxylation is 1. The van der Waals surface area contributed by atoms with Crippen molar-refractivity contribution in [3.05, 3.63) is 39.7 Å². The standard InChI is InChI=1S/C13H13NO2/c1-16-8-5-6-10-9-3-2-4-11(9)13(15)14-12(10)7-8/h5-7H,2-4H2,1H3,(H,14,15). The van der Waals surface area contributed by atoms with Crippen LogP contribution in [0.25, 0.3) is 10.9 Å². The molecule has 1 heterocycles. The smallest absolute Gasteiger partial charge is 0.251 e. The second-order valence-corrected chi connectivity index (χ2v) is 4.18. The van der Waals surface area contributed by atoms with E-state index in [-0.39, 0.29) is 5.56 Å². The number of hydrogen-bond donors (Lipinski definition) is 1. The molecule has 16 heavy (non-hydrogen) atoms. The molecule has 0 spiro atoms.